The fraction of sp³-hybridized carbons (Fsp3) is 0.556. The van der Waals surface area contributed by atoms with Crippen LogP contribution in [0, 0.1) is 36.5 Å². The molecule has 30 heavy (non-hydrogen) atoms. The molecule has 1 heterocycles. The Bertz CT molecular complexity index is 808. The summed E-state index contributed by atoms with van der Waals surface area (Å²) in [6.07, 6.45) is 9.77. The van der Waals surface area contributed by atoms with Crippen molar-refractivity contribution in [3.63, 3.8) is 0 Å². The third kappa shape index (κ3) is 7.48. The quantitative estimate of drug-likeness (QED) is 0.330. The maximum absolute atomic E-state index is 12.6. The van der Waals surface area contributed by atoms with Gasteiger partial charge in [0.05, 0.1) is 11.3 Å². The Morgan fingerprint density at radius 1 is 0.867 bits per heavy atom. The number of rotatable bonds is 10. The Morgan fingerprint density at radius 3 is 2.10 bits per heavy atom. The van der Waals surface area contributed by atoms with Gasteiger partial charge in [0, 0.05) is 12.5 Å². The lowest BCUT2D eigenvalue weighted by molar-refractivity contribution is -0.120. The van der Waals surface area contributed by atoms with Crippen LogP contribution >= 0.6 is 0 Å². The molecular weight excluding hydrogens is 370 g/mol. The predicted octanol–water partition coefficient (Wildman–Crippen LogP) is 6.46. The summed E-state index contributed by atoms with van der Waals surface area (Å²) < 4.78 is 0. The van der Waals surface area contributed by atoms with E-state index in [1.807, 2.05) is 19.1 Å². The molecule has 2 unspecified atom stereocenters. The Kier molecular flexibility index (Phi) is 9.37. The monoisotopic (exact) mass is 407 g/mol. The van der Waals surface area contributed by atoms with Gasteiger partial charge in [-0.2, -0.15) is 0 Å². The molecule has 1 aliphatic heterocycles. The van der Waals surface area contributed by atoms with E-state index in [-0.39, 0.29) is 11.8 Å². The van der Waals surface area contributed by atoms with Crippen molar-refractivity contribution in [1.29, 1.82) is 0 Å². The van der Waals surface area contributed by atoms with Crippen LogP contribution in [0.2, 0.25) is 0 Å². The smallest absolute Gasteiger partial charge is 0.269 e. The fourth-order valence-corrected chi connectivity index (χ4v) is 3.75. The molecule has 3 nitrogen and oxygen atoms in total. The highest BCUT2D eigenvalue weighted by atomic mass is 16.2. The summed E-state index contributed by atoms with van der Waals surface area (Å²) in [5.74, 6) is 7.53. The summed E-state index contributed by atoms with van der Waals surface area (Å²) in [6, 6.07) is 7.38. The van der Waals surface area contributed by atoms with Crippen molar-refractivity contribution >= 4 is 17.5 Å². The number of aryl methyl sites for hydroxylation is 1. The van der Waals surface area contributed by atoms with E-state index >= 15 is 0 Å². The van der Waals surface area contributed by atoms with Gasteiger partial charge in [-0.15, -0.1) is 0 Å². The summed E-state index contributed by atoms with van der Waals surface area (Å²) >= 11 is 0. The highest BCUT2D eigenvalue weighted by molar-refractivity contribution is 6.32. The summed E-state index contributed by atoms with van der Waals surface area (Å²) in [5, 5.41) is 0. The number of nitrogens with zero attached hydrogens (tertiary/aromatic N) is 1. The second-order valence-corrected chi connectivity index (χ2v) is 9.34. The number of amides is 2. The van der Waals surface area contributed by atoms with Crippen LogP contribution in [0.5, 0.6) is 0 Å². The molecule has 2 rings (SSSR count). The molecule has 3 heteroatoms. The zero-order valence-corrected chi connectivity index (χ0v) is 19.3. The van der Waals surface area contributed by atoms with Crippen LogP contribution in [-0.2, 0) is 9.59 Å². The Morgan fingerprint density at radius 2 is 1.47 bits per heavy atom. The average Bonchev–Trinajstić information content (AvgIpc) is 2.96. The number of anilines is 1. The van der Waals surface area contributed by atoms with E-state index in [9.17, 15) is 9.59 Å². The van der Waals surface area contributed by atoms with Gasteiger partial charge in [-0.25, -0.2) is 4.90 Å². The lowest BCUT2D eigenvalue weighted by Gasteiger charge is -2.14. The number of carbonyl (C=O) groups excluding carboxylic acids is 2. The average molecular weight is 408 g/mol. The van der Waals surface area contributed by atoms with Gasteiger partial charge in [-0.05, 0) is 43.2 Å². The minimum atomic E-state index is -0.320. The molecule has 0 aromatic heterocycles. The number of benzene rings is 1. The molecule has 0 radical (unpaired) electrons. The van der Waals surface area contributed by atoms with Gasteiger partial charge in [0.2, 0.25) is 0 Å². The second-order valence-electron chi connectivity index (χ2n) is 9.34. The first-order valence-electron chi connectivity index (χ1n) is 11.4. The van der Waals surface area contributed by atoms with Crippen molar-refractivity contribution in [1.82, 2.24) is 0 Å². The fourth-order valence-electron chi connectivity index (χ4n) is 3.75. The molecule has 1 aliphatic rings. The first kappa shape index (κ1) is 23.9. The molecule has 1 aromatic rings. The molecule has 0 N–H and O–H groups in total. The molecule has 0 fully saturated rings. The van der Waals surface area contributed by atoms with E-state index in [4.69, 9.17) is 0 Å². The van der Waals surface area contributed by atoms with Crippen molar-refractivity contribution in [2.24, 2.45) is 17.8 Å². The minimum absolute atomic E-state index is 0.298. The molecule has 0 spiro atoms. The SMILES string of the molecule is Cc1ccc(N2C(=O)C=C(C#CCC(C)CCCC(C)CCCC(C)C)C2=O)cc1. The highest BCUT2D eigenvalue weighted by Crippen LogP contribution is 2.23. The second kappa shape index (κ2) is 11.7. The predicted molar refractivity (Wildman–Crippen MR) is 125 cm³/mol. The number of hydrogen-bond acceptors (Lipinski definition) is 2. The molecule has 1 aromatic carbocycles. The van der Waals surface area contributed by atoms with Gasteiger partial charge < -0.3 is 0 Å². The van der Waals surface area contributed by atoms with Gasteiger partial charge in [-0.1, -0.05) is 89.3 Å². The molecule has 0 bridgehead atoms. The number of carbonyl (C=O) groups is 2. The Labute approximate surface area is 182 Å². The summed E-state index contributed by atoms with van der Waals surface area (Å²) in [4.78, 5) is 26.0. The largest absolute Gasteiger partial charge is 0.274 e. The summed E-state index contributed by atoms with van der Waals surface area (Å²) in [6.45, 7) is 11.1. The molecule has 0 aliphatic carbocycles. The van der Waals surface area contributed by atoms with Crippen LogP contribution in [-0.4, -0.2) is 11.8 Å². The Hall–Kier alpha value is -2.34. The highest BCUT2D eigenvalue weighted by Gasteiger charge is 2.31. The molecular formula is C27H37NO2. The van der Waals surface area contributed by atoms with Gasteiger partial charge in [0.25, 0.3) is 11.8 Å². The Balaban J connectivity index is 1.75. The number of imide groups is 1. The molecule has 2 atom stereocenters. The van der Waals surface area contributed by atoms with E-state index in [2.05, 4.69) is 39.5 Å². The van der Waals surface area contributed by atoms with Crippen LogP contribution < -0.4 is 4.90 Å². The van der Waals surface area contributed by atoms with E-state index in [0.717, 1.165) is 30.2 Å². The molecule has 2 amide bonds. The van der Waals surface area contributed by atoms with Gasteiger partial charge in [0.1, 0.15) is 0 Å². The lowest BCUT2D eigenvalue weighted by atomic mass is 9.93. The normalized spacial score (nSPS) is 15.8. The standard InChI is InChI=1S/C27H37NO2/c1-20(2)9-6-10-21(3)11-7-12-22(4)13-8-14-24-19-26(29)28(27(24)30)25-17-15-23(5)16-18-25/h15-22H,6-7,9-13H2,1-5H3. The van der Waals surface area contributed by atoms with E-state index in [1.165, 1.54) is 43.1 Å². The number of hydrogen-bond donors (Lipinski definition) is 0. The zero-order valence-electron chi connectivity index (χ0n) is 19.3. The van der Waals surface area contributed by atoms with Crippen molar-refractivity contribution < 1.29 is 9.59 Å². The van der Waals surface area contributed by atoms with Crippen LogP contribution in [0.1, 0.15) is 78.2 Å². The topological polar surface area (TPSA) is 37.4 Å². The summed E-state index contributed by atoms with van der Waals surface area (Å²) in [7, 11) is 0. The third-order valence-corrected chi connectivity index (χ3v) is 5.76. The van der Waals surface area contributed by atoms with Crippen molar-refractivity contribution in [2.45, 2.75) is 79.6 Å². The minimum Gasteiger partial charge on any atom is -0.269 e. The van der Waals surface area contributed by atoms with E-state index in [0.29, 0.717) is 17.2 Å². The van der Waals surface area contributed by atoms with Gasteiger partial charge >= 0.3 is 0 Å². The first-order chi connectivity index (χ1) is 14.3. The summed E-state index contributed by atoms with van der Waals surface area (Å²) in [5.41, 5.74) is 1.98. The lowest BCUT2D eigenvalue weighted by Crippen LogP contribution is -2.30. The first-order valence-corrected chi connectivity index (χ1v) is 11.4. The van der Waals surface area contributed by atoms with Crippen LogP contribution in [0.3, 0.4) is 0 Å². The molecule has 162 valence electrons. The van der Waals surface area contributed by atoms with E-state index < -0.39 is 0 Å². The van der Waals surface area contributed by atoms with Gasteiger partial charge in [0.15, 0.2) is 0 Å². The molecule has 0 saturated carbocycles. The van der Waals surface area contributed by atoms with E-state index in [1.54, 1.807) is 12.1 Å². The van der Waals surface area contributed by atoms with Gasteiger partial charge in [-0.3, -0.25) is 9.59 Å². The maximum Gasteiger partial charge on any atom is 0.274 e. The van der Waals surface area contributed by atoms with Crippen LogP contribution in [0.4, 0.5) is 5.69 Å². The van der Waals surface area contributed by atoms with Crippen LogP contribution in [0.15, 0.2) is 35.9 Å². The molecule has 0 saturated heterocycles. The zero-order chi connectivity index (χ0) is 22.1. The van der Waals surface area contributed by atoms with Crippen molar-refractivity contribution in [3.05, 3.63) is 41.5 Å². The maximum atomic E-state index is 12.6. The van der Waals surface area contributed by atoms with Crippen molar-refractivity contribution in [2.75, 3.05) is 4.90 Å². The van der Waals surface area contributed by atoms with Crippen molar-refractivity contribution in [3.8, 4) is 11.8 Å². The van der Waals surface area contributed by atoms with Crippen LogP contribution in [0.25, 0.3) is 0 Å². The third-order valence-electron chi connectivity index (χ3n) is 5.76.